The van der Waals surface area contributed by atoms with Gasteiger partial charge in [0.25, 0.3) is 5.91 Å². The molecular weight excluding hydrogens is 314 g/mol. The first-order valence-electron chi connectivity index (χ1n) is 7.70. The van der Waals surface area contributed by atoms with Gasteiger partial charge in [0.05, 0.1) is 5.56 Å². The van der Waals surface area contributed by atoms with Crippen molar-refractivity contribution in [1.29, 1.82) is 0 Å². The molecule has 0 aromatic heterocycles. The van der Waals surface area contributed by atoms with E-state index >= 15 is 0 Å². The van der Waals surface area contributed by atoms with E-state index in [0.29, 0.717) is 5.57 Å². The number of hydrogen-bond donors (Lipinski definition) is 1. The molecule has 126 valence electrons. The molecule has 2 aromatic rings. The minimum atomic E-state index is -0.650. The lowest BCUT2D eigenvalue weighted by atomic mass is 10.1. The summed E-state index contributed by atoms with van der Waals surface area (Å²) in [5.41, 5.74) is 7.70. The molecule has 2 N–H and O–H groups in total. The number of hydrogen-bond acceptors (Lipinski definition) is 3. The summed E-state index contributed by atoms with van der Waals surface area (Å²) in [4.78, 5) is 23.6. The Morgan fingerprint density at radius 1 is 1.00 bits per heavy atom. The topological polar surface area (TPSA) is 69.4 Å². The van der Waals surface area contributed by atoms with Gasteiger partial charge in [-0.3, -0.25) is 4.79 Å². The number of carbonyl (C=O) groups excluding carboxylic acids is 2. The van der Waals surface area contributed by atoms with Crippen molar-refractivity contribution in [2.24, 2.45) is 5.73 Å². The number of esters is 1. The van der Waals surface area contributed by atoms with Crippen LogP contribution in [-0.2, 0) is 4.79 Å². The minimum absolute atomic E-state index is 0.142. The molecule has 0 spiro atoms. The summed E-state index contributed by atoms with van der Waals surface area (Å²) in [5, 5.41) is 0. The van der Waals surface area contributed by atoms with Crippen molar-refractivity contribution >= 4 is 17.4 Å². The molecule has 0 radical (unpaired) electrons. The van der Waals surface area contributed by atoms with Crippen LogP contribution in [0.1, 0.15) is 22.8 Å². The minimum Gasteiger partial charge on any atom is -0.422 e. The molecule has 0 atom stereocenters. The molecule has 0 aliphatic heterocycles. The second-order valence-electron chi connectivity index (χ2n) is 5.29. The number of ether oxygens (including phenoxy) is 1. The van der Waals surface area contributed by atoms with Crippen molar-refractivity contribution in [3.8, 4) is 5.75 Å². The number of carbonyl (C=O) groups is 2. The Kier molecular flexibility index (Phi) is 6.07. The van der Waals surface area contributed by atoms with Gasteiger partial charge in [0.15, 0.2) is 0 Å². The molecule has 4 heteroatoms. The average molecular weight is 333 g/mol. The molecule has 2 rings (SSSR count). The number of rotatable bonds is 6. The molecular formula is C21H19NO3. The fraction of sp³-hybridized carbons (Fsp3) is 0.0476. The Hall–Kier alpha value is -3.40. The largest absolute Gasteiger partial charge is 0.422 e. The molecule has 0 saturated heterocycles. The van der Waals surface area contributed by atoms with Crippen LogP contribution in [0.5, 0.6) is 5.75 Å². The molecule has 0 heterocycles. The van der Waals surface area contributed by atoms with Gasteiger partial charge in [-0.1, -0.05) is 67.3 Å². The molecule has 0 aliphatic carbocycles. The Balaban J connectivity index is 2.19. The lowest BCUT2D eigenvalue weighted by Gasteiger charge is -2.07. The van der Waals surface area contributed by atoms with Crippen molar-refractivity contribution < 1.29 is 14.3 Å². The number of primary amides is 1. The first kappa shape index (κ1) is 17.9. The average Bonchev–Trinajstić information content (AvgIpc) is 2.63. The van der Waals surface area contributed by atoms with E-state index in [2.05, 4.69) is 6.58 Å². The van der Waals surface area contributed by atoms with Crippen LogP contribution in [0.25, 0.3) is 5.57 Å². The lowest BCUT2D eigenvalue weighted by molar-refractivity contribution is -0.130. The van der Waals surface area contributed by atoms with E-state index in [1.54, 1.807) is 37.3 Å². The van der Waals surface area contributed by atoms with E-state index in [-0.39, 0.29) is 11.3 Å². The number of allylic oxidation sites excluding steroid dienone is 4. The fourth-order valence-corrected chi connectivity index (χ4v) is 2.14. The van der Waals surface area contributed by atoms with Crippen molar-refractivity contribution in [3.63, 3.8) is 0 Å². The molecule has 4 nitrogen and oxygen atoms in total. The molecule has 1 amide bonds. The van der Waals surface area contributed by atoms with Crippen LogP contribution in [0.4, 0.5) is 0 Å². The van der Waals surface area contributed by atoms with Gasteiger partial charge in [-0.15, -0.1) is 0 Å². The van der Waals surface area contributed by atoms with Gasteiger partial charge in [-0.2, -0.15) is 0 Å². The molecule has 0 bridgehead atoms. The molecule has 0 aliphatic rings. The highest BCUT2D eigenvalue weighted by atomic mass is 16.5. The predicted molar refractivity (Wildman–Crippen MR) is 99.0 cm³/mol. The number of benzene rings is 2. The highest BCUT2D eigenvalue weighted by molar-refractivity contribution is 5.98. The normalized spacial score (nSPS) is 11.7. The zero-order chi connectivity index (χ0) is 18.2. The van der Waals surface area contributed by atoms with Crippen LogP contribution in [0.2, 0.25) is 0 Å². The predicted octanol–water partition coefficient (Wildman–Crippen LogP) is 3.91. The highest BCUT2D eigenvalue weighted by Gasteiger charge is 2.13. The van der Waals surface area contributed by atoms with Crippen LogP contribution in [-0.4, -0.2) is 11.9 Å². The first-order valence-corrected chi connectivity index (χ1v) is 7.70. The fourth-order valence-electron chi connectivity index (χ4n) is 2.14. The summed E-state index contributed by atoms with van der Waals surface area (Å²) < 4.78 is 5.28. The second-order valence-corrected chi connectivity index (χ2v) is 5.29. The van der Waals surface area contributed by atoms with E-state index in [4.69, 9.17) is 10.5 Å². The van der Waals surface area contributed by atoms with Gasteiger partial charge in [0, 0.05) is 5.57 Å². The van der Waals surface area contributed by atoms with Gasteiger partial charge in [-0.05, 0) is 30.2 Å². The van der Waals surface area contributed by atoms with Crippen LogP contribution >= 0.6 is 0 Å². The Morgan fingerprint density at radius 3 is 2.28 bits per heavy atom. The first-order chi connectivity index (χ1) is 12.0. The van der Waals surface area contributed by atoms with Crippen LogP contribution in [0.3, 0.4) is 0 Å². The number of nitrogens with two attached hydrogens (primary N) is 1. The quantitative estimate of drug-likeness (QED) is 0.377. The summed E-state index contributed by atoms with van der Waals surface area (Å²) in [6.45, 7) is 5.43. The van der Waals surface area contributed by atoms with Crippen LogP contribution < -0.4 is 10.5 Å². The highest BCUT2D eigenvalue weighted by Crippen LogP contribution is 2.19. The number of amides is 1. The maximum absolute atomic E-state index is 12.2. The van der Waals surface area contributed by atoms with Crippen LogP contribution in [0.15, 0.2) is 85.0 Å². The van der Waals surface area contributed by atoms with Crippen molar-refractivity contribution in [3.05, 3.63) is 96.1 Å². The van der Waals surface area contributed by atoms with Crippen LogP contribution in [0, 0.1) is 0 Å². The molecule has 0 unspecified atom stereocenters. The zero-order valence-corrected chi connectivity index (χ0v) is 13.9. The van der Waals surface area contributed by atoms with E-state index in [9.17, 15) is 9.59 Å². The lowest BCUT2D eigenvalue weighted by Crippen LogP contribution is -2.16. The van der Waals surface area contributed by atoms with E-state index in [0.717, 1.165) is 11.1 Å². The Labute approximate surface area is 146 Å². The molecule has 25 heavy (non-hydrogen) atoms. The SMILES string of the molecule is C=C/C(=C\C=C(/C)C(=O)Oc1ccccc1C(N)=O)c1ccccc1. The van der Waals surface area contributed by atoms with Gasteiger partial charge < -0.3 is 10.5 Å². The van der Waals surface area contributed by atoms with Crippen molar-refractivity contribution in [2.45, 2.75) is 6.92 Å². The monoisotopic (exact) mass is 333 g/mol. The summed E-state index contributed by atoms with van der Waals surface area (Å²) in [6.07, 6.45) is 5.16. The molecule has 0 saturated carbocycles. The third-order valence-electron chi connectivity index (χ3n) is 3.52. The summed E-state index contributed by atoms with van der Waals surface area (Å²) in [5.74, 6) is -1.06. The molecule has 0 fully saturated rings. The smallest absolute Gasteiger partial charge is 0.339 e. The van der Waals surface area contributed by atoms with Crippen molar-refractivity contribution in [2.75, 3.05) is 0 Å². The van der Waals surface area contributed by atoms with Gasteiger partial charge >= 0.3 is 5.97 Å². The van der Waals surface area contributed by atoms with E-state index < -0.39 is 11.9 Å². The maximum atomic E-state index is 12.2. The maximum Gasteiger partial charge on any atom is 0.339 e. The second kappa shape index (κ2) is 8.45. The third kappa shape index (κ3) is 4.78. The van der Waals surface area contributed by atoms with Gasteiger partial charge in [0.2, 0.25) is 0 Å². The summed E-state index contributed by atoms with van der Waals surface area (Å²) in [7, 11) is 0. The third-order valence-corrected chi connectivity index (χ3v) is 3.52. The Bertz CT molecular complexity index is 848. The standard InChI is InChI=1S/C21H19NO3/c1-3-16(17-9-5-4-6-10-17)14-13-15(2)21(24)25-19-12-8-7-11-18(19)20(22)23/h3-14H,1H2,2H3,(H2,22,23)/b15-13+,16-14+. The Morgan fingerprint density at radius 2 is 1.64 bits per heavy atom. The molecule has 2 aromatic carbocycles. The van der Waals surface area contributed by atoms with E-state index in [1.807, 2.05) is 30.3 Å². The summed E-state index contributed by atoms with van der Waals surface area (Å²) in [6, 6.07) is 16.1. The van der Waals surface area contributed by atoms with E-state index in [1.165, 1.54) is 12.1 Å². The zero-order valence-electron chi connectivity index (χ0n) is 13.9. The van der Waals surface area contributed by atoms with Crippen molar-refractivity contribution in [1.82, 2.24) is 0 Å². The van der Waals surface area contributed by atoms with Gasteiger partial charge in [0.1, 0.15) is 5.75 Å². The summed E-state index contributed by atoms with van der Waals surface area (Å²) >= 11 is 0. The number of para-hydroxylation sites is 1. The van der Waals surface area contributed by atoms with Gasteiger partial charge in [-0.25, -0.2) is 4.79 Å².